The van der Waals surface area contributed by atoms with E-state index in [1.807, 2.05) is 42.2 Å². The number of nitrogens with zero attached hydrogens (tertiary/aromatic N) is 3. The van der Waals surface area contributed by atoms with Gasteiger partial charge in [0.2, 0.25) is 5.89 Å². The molecule has 1 fully saturated rings. The van der Waals surface area contributed by atoms with Crippen LogP contribution in [0, 0.1) is 6.92 Å². The van der Waals surface area contributed by atoms with Crippen LogP contribution in [0.4, 0.5) is 4.79 Å². The summed E-state index contributed by atoms with van der Waals surface area (Å²) in [5, 5.41) is 2.94. The Morgan fingerprint density at radius 3 is 2.60 bits per heavy atom. The number of nitrogens with one attached hydrogen (secondary N) is 1. The summed E-state index contributed by atoms with van der Waals surface area (Å²) in [4.78, 5) is 20.9. The molecule has 0 unspecified atom stereocenters. The smallest absolute Gasteiger partial charge is 0.317 e. The van der Waals surface area contributed by atoms with E-state index in [0.29, 0.717) is 5.89 Å². The standard InChI is InChI=1S/C19H26N4O2/c1-3-9-20-19(24)23-12-10-22(11-13-23)14-17-15(2)25-18(21-17)16-7-5-4-6-8-16/h4-8H,3,9-14H2,1-2H3,(H,20,24). The van der Waals surface area contributed by atoms with E-state index in [1.165, 1.54) is 0 Å². The lowest BCUT2D eigenvalue weighted by Gasteiger charge is -2.34. The van der Waals surface area contributed by atoms with Crippen LogP contribution in [0.2, 0.25) is 0 Å². The van der Waals surface area contributed by atoms with E-state index < -0.39 is 0 Å². The summed E-state index contributed by atoms with van der Waals surface area (Å²) in [6.07, 6.45) is 0.959. The molecule has 0 spiro atoms. The van der Waals surface area contributed by atoms with Gasteiger partial charge in [0.05, 0.1) is 5.69 Å². The first-order chi connectivity index (χ1) is 12.2. The summed E-state index contributed by atoms with van der Waals surface area (Å²) in [5.74, 6) is 1.53. The molecule has 0 atom stereocenters. The van der Waals surface area contributed by atoms with Crippen molar-refractivity contribution in [3.63, 3.8) is 0 Å². The van der Waals surface area contributed by atoms with Gasteiger partial charge in [-0.1, -0.05) is 25.1 Å². The molecule has 1 aliphatic rings. The van der Waals surface area contributed by atoms with Gasteiger partial charge in [0.25, 0.3) is 0 Å². The van der Waals surface area contributed by atoms with Crippen LogP contribution >= 0.6 is 0 Å². The molecule has 2 aromatic rings. The van der Waals surface area contributed by atoms with E-state index in [-0.39, 0.29) is 6.03 Å². The van der Waals surface area contributed by atoms with Crippen LogP contribution in [-0.4, -0.2) is 53.5 Å². The summed E-state index contributed by atoms with van der Waals surface area (Å²) in [7, 11) is 0. The Morgan fingerprint density at radius 1 is 1.20 bits per heavy atom. The second kappa shape index (κ2) is 8.16. The Balaban J connectivity index is 1.56. The minimum Gasteiger partial charge on any atom is -0.441 e. The predicted molar refractivity (Wildman–Crippen MR) is 97.2 cm³/mol. The zero-order valence-electron chi connectivity index (χ0n) is 15.0. The molecule has 0 radical (unpaired) electrons. The Labute approximate surface area is 148 Å². The fraction of sp³-hybridized carbons (Fsp3) is 0.474. The lowest BCUT2D eigenvalue weighted by molar-refractivity contribution is 0.134. The number of aryl methyl sites for hydroxylation is 1. The first-order valence-electron chi connectivity index (χ1n) is 8.94. The van der Waals surface area contributed by atoms with Gasteiger partial charge in [-0.15, -0.1) is 0 Å². The fourth-order valence-corrected chi connectivity index (χ4v) is 2.94. The van der Waals surface area contributed by atoms with Crippen LogP contribution in [0.5, 0.6) is 0 Å². The maximum Gasteiger partial charge on any atom is 0.317 e. The highest BCUT2D eigenvalue weighted by Gasteiger charge is 2.22. The number of hydrogen-bond donors (Lipinski definition) is 1. The topological polar surface area (TPSA) is 61.6 Å². The Hall–Kier alpha value is -2.34. The molecular formula is C19H26N4O2. The number of piperazine rings is 1. The predicted octanol–water partition coefficient (Wildman–Crippen LogP) is 2.89. The highest BCUT2D eigenvalue weighted by molar-refractivity contribution is 5.74. The van der Waals surface area contributed by atoms with Gasteiger partial charge in [0.1, 0.15) is 5.76 Å². The average Bonchev–Trinajstić information content (AvgIpc) is 3.01. The highest BCUT2D eigenvalue weighted by Crippen LogP contribution is 2.22. The Kier molecular flexibility index (Phi) is 5.71. The number of rotatable bonds is 5. The van der Waals surface area contributed by atoms with Crippen LogP contribution in [0.3, 0.4) is 0 Å². The zero-order chi connectivity index (χ0) is 17.6. The van der Waals surface area contributed by atoms with Crippen LogP contribution in [0.25, 0.3) is 11.5 Å². The van der Waals surface area contributed by atoms with Gasteiger partial charge in [0, 0.05) is 44.8 Å². The van der Waals surface area contributed by atoms with Gasteiger partial charge >= 0.3 is 6.03 Å². The molecule has 134 valence electrons. The fourth-order valence-electron chi connectivity index (χ4n) is 2.94. The quantitative estimate of drug-likeness (QED) is 0.907. The summed E-state index contributed by atoms with van der Waals surface area (Å²) in [6.45, 7) is 8.71. The van der Waals surface area contributed by atoms with Crippen LogP contribution < -0.4 is 5.32 Å². The number of amides is 2. The Morgan fingerprint density at radius 2 is 1.92 bits per heavy atom. The maximum absolute atomic E-state index is 12.0. The summed E-state index contributed by atoms with van der Waals surface area (Å²) in [5.41, 5.74) is 1.97. The first-order valence-corrected chi connectivity index (χ1v) is 8.94. The molecule has 1 aromatic carbocycles. The molecule has 3 rings (SSSR count). The minimum absolute atomic E-state index is 0.0467. The monoisotopic (exact) mass is 342 g/mol. The molecule has 25 heavy (non-hydrogen) atoms. The molecule has 2 amide bonds. The normalized spacial score (nSPS) is 15.4. The summed E-state index contributed by atoms with van der Waals surface area (Å²) < 4.78 is 5.83. The van der Waals surface area contributed by atoms with Crippen molar-refractivity contribution in [2.24, 2.45) is 0 Å². The van der Waals surface area contributed by atoms with E-state index in [4.69, 9.17) is 4.42 Å². The average molecular weight is 342 g/mol. The molecule has 1 saturated heterocycles. The number of urea groups is 1. The van der Waals surface area contributed by atoms with Crippen molar-refractivity contribution in [1.29, 1.82) is 0 Å². The number of oxazole rings is 1. The minimum atomic E-state index is 0.0467. The molecule has 0 saturated carbocycles. The number of hydrogen-bond acceptors (Lipinski definition) is 4. The van der Waals surface area contributed by atoms with Crippen molar-refractivity contribution in [2.45, 2.75) is 26.8 Å². The number of carbonyl (C=O) groups excluding carboxylic acids is 1. The van der Waals surface area contributed by atoms with E-state index in [9.17, 15) is 4.79 Å². The Bertz CT molecular complexity index is 691. The highest BCUT2D eigenvalue weighted by atomic mass is 16.4. The molecule has 1 aromatic heterocycles. The first kappa shape index (κ1) is 17.5. The molecule has 6 heteroatoms. The molecular weight excluding hydrogens is 316 g/mol. The lowest BCUT2D eigenvalue weighted by atomic mass is 10.2. The van der Waals surface area contributed by atoms with Crippen molar-refractivity contribution in [3.05, 3.63) is 41.8 Å². The number of aromatic nitrogens is 1. The van der Waals surface area contributed by atoms with E-state index in [0.717, 1.165) is 62.7 Å². The van der Waals surface area contributed by atoms with Crippen molar-refractivity contribution in [3.8, 4) is 11.5 Å². The van der Waals surface area contributed by atoms with Crippen molar-refractivity contribution >= 4 is 6.03 Å². The van der Waals surface area contributed by atoms with Gasteiger partial charge < -0.3 is 14.6 Å². The van der Waals surface area contributed by atoms with Crippen LogP contribution in [0.15, 0.2) is 34.7 Å². The molecule has 1 aliphatic heterocycles. The van der Waals surface area contributed by atoms with E-state index >= 15 is 0 Å². The third kappa shape index (κ3) is 4.39. The second-order valence-electron chi connectivity index (χ2n) is 6.38. The van der Waals surface area contributed by atoms with E-state index in [2.05, 4.69) is 22.1 Å². The third-order valence-corrected chi connectivity index (χ3v) is 4.47. The van der Waals surface area contributed by atoms with Crippen molar-refractivity contribution in [1.82, 2.24) is 20.1 Å². The zero-order valence-corrected chi connectivity index (χ0v) is 15.0. The lowest BCUT2D eigenvalue weighted by Crippen LogP contribution is -2.51. The van der Waals surface area contributed by atoms with Gasteiger partial charge in [-0.25, -0.2) is 9.78 Å². The summed E-state index contributed by atoms with van der Waals surface area (Å²) >= 11 is 0. The molecule has 0 aliphatic carbocycles. The molecule has 2 heterocycles. The van der Waals surface area contributed by atoms with Gasteiger partial charge in [-0.3, -0.25) is 4.90 Å². The van der Waals surface area contributed by atoms with Gasteiger partial charge in [0.15, 0.2) is 0 Å². The molecule has 0 bridgehead atoms. The number of carbonyl (C=O) groups is 1. The van der Waals surface area contributed by atoms with Crippen LogP contribution in [0.1, 0.15) is 24.8 Å². The third-order valence-electron chi connectivity index (χ3n) is 4.47. The van der Waals surface area contributed by atoms with Crippen molar-refractivity contribution in [2.75, 3.05) is 32.7 Å². The van der Waals surface area contributed by atoms with Crippen molar-refractivity contribution < 1.29 is 9.21 Å². The van der Waals surface area contributed by atoms with Gasteiger partial charge in [-0.05, 0) is 25.5 Å². The van der Waals surface area contributed by atoms with Crippen LogP contribution in [-0.2, 0) is 6.54 Å². The second-order valence-corrected chi connectivity index (χ2v) is 6.38. The number of benzene rings is 1. The maximum atomic E-state index is 12.0. The van der Waals surface area contributed by atoms with Gasteiger partial charge in [-0.2, -0.15) is 0 Å². The SMILES string of the molecule is CCCNC(=O)N1CCN(Cc2nc(-c3ccccc3)oc2C)CC1. The van der Waals surface area contributed by atoms with E-state index in [1.54, 1.807) is 0 Å². The largest absolute Gasteiger partial charge is 0.441 e. The summed E-state index contributed by atoms with van der Waals surface area (Å²) in [6, 6.07) is 10.0. The molecule has 1 N–H and O–H groups in total. The molecule has 6 nitrogen and oxygen atoms in total.